The molecule has 0 aliphatic rings. The molecule has 18 heavy (non-hydrogen) atoms. The summed E-state index contributed by atoms with van der Waals surface area (Å²) in [5.41, 5.74) is 2.04. The Balaban J connectivity index is 2.23. The summed E-state index contributed by atoms with van der Waals surface area (Å²) in [6, 6.07) is 8.18. The Morgan fingerprint density at radius 3 is 2.50 bits per heavy atom. The van der Waals surface area contributed by atoms with Crippen molar-refractivity contribution in [3.8, 4) is 11.5 Å². The Bertz CT molecular complexity index is 576. The lowest BCUT2D eigenvalue weighted by atomic mass is 10.2. The van der Waals surface area contributed by atoms with Gasteiger partial charge in [-0.25, -0.2) is 4.79 Å². The van der Waals surface area contributed by atoms with Gasteiger partial charge in [-0.3, -0.25) is 4.98 Å². The molecule has 0 radical (unpaired) electrons. The molecule has 0 bridgehead atoms. The van der Waals surface area contributed by atoms with Crippen molar-refractivity contribution in [1.29, 1.82) is 0 Å². The minimum atomic E-state index is -0.949. The minimum Gasteiger partial charge on any atom is -0.478 e. The predicted molar refractivity (Wildman–Crippen MR) is 67.2 cm³/mol. The molecule has 1 heterocycles. The van der Waals surface area contributed by atoms with E-state index in [1.807, 2.05) is 19.9 Å². The first-order valence-electron chi connectivity index (χ1n) is 5.51. The van der Waals surface area contributed by atoms with Crippen molar-refractivity contribution in [2.45, 2.75) is 13.8 Å². The molecule has 0 amide bonds. The van der Waals surface area contributed by atoms with Crippen molar-refractivity contribution in [2.24, 2.45) is 0 Å². The van der Waals surface area contributed by atoms with Crippen LogP contribution in [0.15, 0.2) is 36.5 Å². The fourth-order valence-electron chi connectivity index (χ4n) is 1.51. The van der Waals surface area contributed by atoms with Gasteiger partial charge in [-0.1, -0.05) is 0 Å². The molecule has 1 aromatic carbocycles. The first-order chi connectivity index (χ1) is 8.56. The molecule has 0 unspecified atom stereocenters. The van der Waals surface area contributed by atoms with Crippen LogP contribution in [0.5, 0.6) is 11.5 Å². The number of hydrogen-bond donors (Lipinski definition) is 1. The van der Waals surface area contributed by atoms with Crippen LogP contribution in [0.2, 0.25) is 0 Å². The number of benzene rings is 1. The van der Waals surface area contributed by atoms with E-state index in [1.165, 1.54) is 12.1 Å². The first kappa shape index (κ1) is 12.1. The van der Waals surface area contributed by atoms with Crippen LogP contribution in [-0.4, -0.2) is 16.1 Å². The number of carboxylic acid groups (broad SMARTS) is 1. The van der Waals surface area contributed by atoms with Crippen LogP contribution < -0.4 is 4.74 Å². The quantitative estimate of drug-likeness (QED) is 0.899. The van der Waals surface area contributed by atoms with Crippen LogP contribution in [0.25, 0.3) is 0 Å². The Morgan fingerprint density at radius 2 is 1.89 bits per heavy atom. The van der Waals surface area contributed by atoms with Crippen LogP contribution in [0.4, 0.5) is 0 Å². The number of nitrogens with zero attached hydrogens (tertiary/aromatic N) is 1. The summed E-state index contributed by atoms with van der Waals surface area (Å²) in [5.74, 6) is 0.323. The van der Waals surface area contributed by atoms with Crippen molar-refractivity contribution in [3.63, 3.8) is 0 Å². The van der Waals surface area contributed by atoms with E-state index in [0.717, 1.165) is 11.3 Å². The number of hydrogen-bond acceptors (Lipinski definition) is 3. The highest BCUT2D eigenvalue weighted by Crippen LogP contribution is 2.24. The van der Waals surface area contributed by atoms with Crippen LogP contribution in [0.1, 0.15) is 21.6 Å². The summed E-state index contributed by atoms with van der Waals surface area (Å²) < 4.78 is 5.67. The van der Waals surface area contributed by atoms with Gasteiger partial charge in [0.1, 0.15) is 11.5 Å². The molecule has 1 N–H and O–H groups in total. The third-order valence-corrected chi connectivity index (χ3v) is 2.51. The third kappa shape index (κ3) is 2.66. The van der Waals surface area contributed by atoms with Gasteiger partial charge in [-0.2, -0.15) is 0 Å². The molecular formula is C14H13NO3. The number of rotatable bonds is 3. The number of ether oxygens (including phenoxy) is 1. The fraction of sp³-hybridized carbons (Fsp3) is 0.143. The molecule has 1 aromatic heterocycles. The predicted octanol–water partition coefficient (Wildman–Crippen LogP) is 3.19. The second-order valence-corrected chi connectivity index (χ2v) is 4.03. The Hall–Kier alpha value is -2.36. The number of carbonyl (C=O) groups is 1. The molecule has 2 rings (SSSR count). The van der Waals surface area contributed by atoms with Gasteiger partial charge in [0.05, 0.1) is 11.3 Å². The maximum Gasteiger partial charge on any atom is 0.335 e. The summed E-state index contributed by atoms with van der Waals surface area (Å²) in [4.78, 5) is 14.9. The van der Waals surface area contributed by atoms with Crippen LogP contribution in [-0.2, 0) is 0 Å². The smallest absolute Gasteiger partial charge is 0.335 e. The van der Waals surface area contributed by atoms with E-state index in [9.17, 15) is 4.79 Å². The number of aryl methyl sites for hydroxylation is 2. The number of aromatic carboxylic acids is 1. The lowest BCUT2D eigenvalue weighted by Crippen LogP contribution is -1.96. The average molecular weight is 243 g/mol. The van der Waals surface area contributed by atoms with Gasteiger partial charge in [-0.15, -0.1) is 0 Å². The molecular weight excluding hydrogens is 230 g/mol. The van der Waals surface area contributed by atoms with E-state index >= 15 is 0 Å². The molecule has 92 valence electrons. The van der Waals surface area contributed by atoms with Crippen LogP contribution in [0.3, 0.4) is 0 Å². The van der Waals surface area contributed by atoms with Gasteiger partial charge in [0.2, 0.25) is 0 Å². The Labute approximate surface area is 105 Å². The second-order valence-electron chi connectivity index (χ2n) is 4.03. The van der Waals surface area contributed by atoms with Gasteiger partial charge in [0.15, 0.2) is 0 Å². The molecule has 0 aliphatic heterocycles. The van der Waals surface area contributed by atoms with Gasteiger partial charge in [0.25, 0.3) is 0 Å². The van der Waals surface area contributed by atoms with Crippen molar-refractivity contribution in [1.82, 2.24) is 4.98 Å². The van der Waals surface area contributed by atoms with E-state index in [-0.39, 0.29) is 5.56 Å². The molecule has 0 saturated heterocycles. The summed E-state index contributed by atoms with van der Waals surface area (Å²) in [6.45, 7) is 3.80. The zero-order chi connectivity index (χ0) is 13.1. The van der Waals surface area contributed by atoms with Crippen LogP contribution >= 0.6 is 0 Å². The molecule has 0 spiro atoms. The molecule has 2 aromatic rings. The Kier molecular flexibility index (Phi) is 3.28. The van der Waals surface area contributed by atoms with E-state index in [4.69, 9.17) is 9.84 Å². The lowest BCUT2D eigenvalue weighted by Gasteiger charge is -2.08. The van der Waals surface area contributed by atoms with E-state index in [0.29, 0.717) is 11.5 Å². The van der Waals surface area contributed by atoms with E-state index < -0.39 is 5.97 Å². The molecule has 4 heteroatoms. The Morgan fingerprint density at radius 1 is 1.22 bits per heavy atom. The third-order valence-electron chi connectivity index (χ3n) is 2.51. The highest BCUT2D eigenvalue weighted by Gasteiger charge is 2.05. The summed E-state index contributed by atoms with van der Waals surface area (Å²) in [7, 11) is 0. The van der Waals surface area contributed by atoms with E-state index in [1.54, 1.807) is 18.3 Å². The first-order valence-corrected chi connectivity index (χ1v) is 5.51. The fourth-order valence-corrected chi connectivity index (χ4v) is 1.51. The zero-order valence-electron chi connectivity index (χ0n) is 10.2. The largest absolute Gasteiger partial charge is 0.478 e. The average Bonchev–Trinajstić information content (AvgIpc) is 2.34. The molecule has 0 saturated carbocycles. The number of pyridine rings is 1. The van der Waals surface area contributed by atoms with Gasteiger partial charge in [-0.05, 0) is 49.7 Å². The molecule has 0 aliphatic carbocycles. The maximum absolute atomic E-state index is 10.7. The number of carboxylic acids is 1. The minimum absolute atomic E-state index is 0.237. The highest BCUT2D eigenvalue weighted by molar-refractivity contribution is 5.87. The topological polar surface area (TPSA) is 59.4 Å². The van der Waals surface area contributed by atoms with Crippen LogP contribution in [0, 0.1) is 13.8 Å². The van der Waals surface area contributed by atoms with Gasteiger partial charge < -0.3 is 9.84 Å². The SMILES string of the molecule is Cc1cnc(C)c(Oc2ccc(C(=O)O)cc2)c1. The molecule has 0 atom stereocenters. The maximum atomic E-state index is 10.7. The number of aromatic nitrogens is 1. The second kappa shape index (κ2) is 4.87. The van der Waals surface area contributed by atoms with Crippen molar-refractivity contribution < 1.29 is 14.6 Å². The monoisotopic (exact) mass is 243 g/mol. The van der Waals surface area contributed by atoms with Crippen molar-refractivity contribution in [2.75, 3.05) is 0 Å². The summed E-state index contributed by atoms with van der Waals surface area (Å²) in [5, 5.41) is 8.80. The van der Waals surface area contributed by atoms with Crippen molar-refractivity contribution >= 4 is 5.97 Å². The van der Waals surface area contributed by atoms with Crippen molar-refractivity contribution in [3.05, 3.63) is 53.3 Å². The summed E-state index contributed by atoms with van der Waals surface area (Å²) >= 11 is 0. The highest BCUT2D eigenvalue weighted by atomic mass is 16.5. The van der Waals surface area contributed by atoms with Gasteiger partial charge in [0, 0.05) is 6.20 Å². The molecule has 0 fully saturated rings. The summed E-state index contributed by atoms with van der Waals surface area (Å²) in [6.07, 6.45) is 1.77. The van der Waals surface area contributed by atoms with E-state index in [2.05, 4.69) is 4.98 Å². The molecule has 4 nitrogen and oxygen atoms in total. The zero-order valence-corrected chi connectivity index (χ0v) is 10.2. The normalized spacial score (nSPS) is 10.1. The lowest BCUT2D eigenvalue weighted by molar-refractivity contribution is 0.0697. The standard InChI is InChI=1S/C14H13NO3/c1-9-7-13(10(2)15-8-9)18-12-5-3-11(4-6-12)14(16)17/h3-8H,1-2H3,(H,16,17). The van der Waals surface area contributed by atoms with Gasteiger partial charge >= 0.3 is 5.97 Å².